The Balaban J connectivity index is 0.000000212. The van der Waals surface area contributed by atoms with Gasteiger partial charge < -0.3 is 4.98 Å². The van der Waals surface area contributed by atoms with Crippen LogP contribution in [0.25, 0.3) is 22.6 Å². The normalized spacial score (nSPS) is 10.4. The summed E-state index contributed by atoms with van der Waals surface area (Å²) in [5.41, 5.74) is 5.82. The Labute approximate surface area is 216 Å². The molecule has 5 aromatic rings. The molecule has 3 nitrogen and oxygen atoms in total. The van der Waals surface area contributed by atoms with E-state index >= 15 is 0 Å². The summed E-state index contributed by atoms with van der Waals surface area (Å²) in [5, 5.41) is 0. The van der Waals surface area contributed by atoms with Gasteiger partial charge in [-0.15, -0.1) is 35.9 Å². The summed E-state index contributed by atoms with van der Waals surface area (Å²) in [6.07, 6.45) is 3.54. The van der Waals surface area contributed by atoms with Crippen LogP contribution >= 0.6 is 0 Å². The van der Waals surface area contributed by atoms with Gasteiger partial charge in [0, 0.05) is 23.5 Å². The molecule has 0 fully saturated rings. The third-order valence-electron chi connectivity index (χ3n) is 5.35. The van der Waals surface area contributed by atoms with Crippen molar-refractivity contribution in [2.45, 2.75) is 19.3 Å². The molecule has 0 aliphatic carbocycles. The second kappa shape index (κ2) is 12.2. The number of pyridine rings is 3. The summed E-state index contributed by atoms with van der Waals surface area (Å²) < 4.78 is 0. The summed E-state index contributed by atoms with van der Waals surface area (Å²) in [4.78, 5) is 13.2. The van der Waals surface area contributed by atoms with Crippen molar-refractivity contribution in [2.75, 3.05) is 0 Å². The molecule has 4 heteroatoms. The van der Waals surface area contributed by atoms with E-state index in [2.05, 4.69) is 54.1 Å². The van der Waals surface area contributed by atoms with Crippen molar-refractivity contribution in [1.29, 1.82) is 0 Å². The molecule has 3 heterocycles. The first-order valence-corrected chi connectivity index (χ1v) is 10.9. The summed E-state index contributed by atoms with van der Waals surface area (Å²) in [7, 11) is 0. The van der Waals surface area contributed by atoms with Crippen LogP contribution in [0.1, 0.15) is 25.1 Å². The third kappa shape index (κ3) is 6.33. The Morgan fingerprint density at radius 1 is 0.588 bits per heavy atom. The summed E-state index contributed by atoms with van der Waals surface area (Å²) >= 11 is 0. The van der Waals surface area contributed by atoms with Crippen LogP contribution < -0.4 is 0 Å². The molecule has 0 radical (unpaired) electrons. The zero-order valence-corrected chi connectivity index (χ0v) is 21.4. The predicted octanol–water partition coefficient (Wildman–Crippen LogP) is 6.82. The van der Waals surface area contributed by atoms with Crippen molar-refractivity contribution in [3.05, 3.63) is 139 Å². The second-order valence-electron chi connectivity index (χ2n) is 8.02. The van der Waals surface area contributed by atoms with Crippen molar-refractivity contribution >= 4 is 0 Å². The summed E-state index contributed by atoms with van der Waals surface area (Å²) in [6, 6.07) is 40.3. The van der Waals surface area contributed by atoms with Crippen LogP contribution in [0, 0.1) is 12.1 Å². The van der Waals surface area contributed by atoms with Crippen LogP contribution in [0.5, 0.6) is 0 Å². The molecule has 3 aromatic heterocycles. The maximum atomic E-state index is 4.84. The predicted molar refractivity (Wildman–Crippen MR) is 133 cm³/mol. The smallest absolute Gasteiger partial charge is 0.300 e. The first-order valence-electron chi connectivity index (χ1n) is 10.9. The van der Waals surface area contributed by atoms with E-state index in [0.29, 0.717) is 0 Å². The van der Waals surface area contributed by atoms with Crippen LogP contribution in [-0.2, 0) is 26.5 Å². The molecule has 0 unspecified atom stereocenters. The van der Waals surface area contributed by atoms with Gasteiger partial charge in [-0.05, 0) is 36.0 Å². The van der Waals surface area contributed by atoms with E-state index in [1.165, 1.54) is 0 Å². The fraction of sp³-hybridized carbons (Fsp3) is 0.100. The zero-order valence-electron chi connectivity index (χ0n) is 19.1. The molecule has 170 valence electrons. The monoisotopic (exact) mass is 622 g/mol. The van der Waals surface area contributed by atoms with Crippen LogP contribution in [0.3, 0.4) is 0 Å². The van der Waals surface area contributed by atoms with Crippen molar-refractivity contribution < 1.29 is 21.1 Å². The van der Waals surface area contributed by atoms with E-state index in [0.717, 1.165) is 33.9 Å². The fourth-order valence-corrected chi connectivity index (χ4v) is 3.43. The Morgan fingerprint density at radius 2 is 1.18 bits per heavy atom. The molecule has 0 saturated heterocycles. The average molecular weight is 623 g/mol. The molecule has 2 aromatic carbocycles. The average Bonchev–Trinajstić information content (AvgIpc) is 2.91. The second-order valence-corrected chi connectivity index (χ2v) is 8.02. The van der Waals surface area contributed by atoms with E-state index in [-0.39, 0.29) is 26.5 Å². The van der Waals surface area contributed by atoms with Crippen LogP contribution in [-0.4, -0.2) is 15.0 Å². The van der Waals surface area contributed by atoms with Crippen LogP contribution in [0.15, 0.2) is 116 Å². The van der Waals surface area contributed by atoms with Crippen molar-refractivity contribution in [3.8, 4) is 22.6 Å². The van der Waals surface area contributed by atoms with E-state index < -0.39 is 0 Å². The van der Waals surface area contributed by atoms with E-state index in [1.807, 2.05) is 84.9 Å². The van der Waals surface area contributed by atoms with Gasteiger partial charge in [0.05, 0.1) is 11.4 Å². The largest absolute Gasteiger partial charge is 2.00 e. The number of aromatic nitrogens is 3. The maximum Gasteiger partial charge on any atom is 2.00 e. The molecule has 0 spiro atoms. The number of benzene rings is 2. The quantitative estimate of drug-likeness (QED) is 0.207. The van der Waals surface area contributed by atoms with Crippen molar-refractivity contribution in [2.24, 2.45) is 0 Å². The number of rotatable bonds is 4. The molecule has 0 bridgehead atoms. The van der Waals surface area contributed by atoms with Crippen molar-refractivity contribution in [3.63, 3.8) is 0 Å². The minimum atomic E-state index is -0.175. The van der Waals surface area contributed by atoms with E-state index in [4.69, 9.17) is 4.98 Å². The molecular weight excluding hydrogens is 597 g/mol. The molecule has 0 saturated carbocycles. The van der Waals surface area contributed by atoms with Gasteiger partial charge >= 0.3 is 21.1 Å². The van der Waals surface area contributed by atoms with Gasteiger partial charge in [-0.2, -0.15) is 35.9 Å². The molecular formula is C30H25N3Pt. The van der Waals surface area contributed by atoms with Crippen LogP contribution in [0.4, 0.5) is 0 Å². The third-order valence-corrected chi connectivity index (χ3v) is 5.35. The molecule has 5 rings (SSSR count). The first kappa shape index (κ1) is 25.2. The van der Waals surface area contributed by atoms with Gasteiger partial charge in [0.15, 0.2) is 0 Å². The van der Waals surface area contributed by atoms with Gasteiger partial charge in [0.2, 0.25) is 0 Å². The number of hydrogen-bond acceptors (Lipinski definition) is 3. The van der Waals surface area contributed by atoms with Gasteiger partial charge in [-0.25, -0.2) is 0 Å². The van der Waals surface area contributed by atoms with E-state index in [1.54, 1.807) is 12.4 Å². The van der Waals surface area contributed by atoms with E-state index in [9.17, 15) is 0 Å². The topological polar surface area (TPSA) is 38.7 Å². The summed E-state index contributed by atoms with van der Waals surface area (Å²) in [6.45, 7) is 4.36. The minimum Gasteiger partial charge on any atom is -0.300 e. The molecule has 0 N–H and O–H groups in total. The van der Waals surface area contributed by atoms with Gasteiger partial charge in [0.25, 0.3) is 0 Å². The van der Waals surface area contributed by atoms with Gasteiger partial charge in [0.1, 0.15) is 0 Å². The number of nitrogens with zero attached hydrogens (tertiary/aromatic N) is 3. The summed E-state index contributed by atoms with van der Waals surface area (Å²) in [5.74, 6) is 0. The fourth-order valence-electron chi connectivity index (χ4n) is 3.43. The molecule has 34 heavy (non-hydrogen) atoms. The standard InChI is InChI=1S/C20H17N.C10H8N2.Pt/c1-20(2,17-12-7-4-8-13-17)19-15-9-14-18(21-19)16-10-5-3-6-11-16;1-3-7-11-9(5-1)10-6-2-4-8-12-10;/h3-10,12,14-15H,1-2H3;1-8H;/q-2;;+2. The van der Waals surface area contributed by atoms with Crippen LogP contribution in [0.2, 0.25) is 0 Å². The van der Waals surface area contributed by atoms with Crippen molar-refractivity contribution in [1.82, 2.24) is 15.0 Å². The SMILES string of the molecule is CC(C)(c1[c-]cccc1)c1cccc(-c2[c-]cccc2)n1.[Pt+2].c1ccc(-c2ccccn2)nc1. The Morgan fingerprint density at radius 3 is 1.71 bits per heavy atom. The maximum absolute atomic E-state index is 4.84. The minimum absolute atomic E-state index is 0. The Kier molecular flexibility index (Phi) is 9.01. The van der Waals surface area contributed by atoms with Gasteiger partial charge in [-0.3, -0.25) is 9.97 Å². The molecule has 0 atom stereocenters. The number of hydrogen-bond donors (Lipinski definition) is 0. The molecule has 0 aliphatic rings. The Bertz CT molecular complexity index is 1220. The Hall–Kier alpha value is -3.42. The van der Waals surface area contributed by atoms with Gasteiger partial charge in [-0.1, -0.05) is 38.1 Å². The first-order chi connectivity index (χ1) is 16.1. The molecule has 0 amide bonds. The zero-order chi connectivity index (χ0) is 22.9. The molecule has 0 aliphatic heterocycles.